The van der Waals surface area contributed by atoms with Crippen molar-refractivity contribution in [3.8, 4) is 17.2 Å². The van der Waals surface area contributed by atoms with E-state index in [1.165, 1.54) is 12.8 Å². The molecular weight excluding hydrogens is 448 g/mol. The Balaban J connectivity index is 0.00000274. The molecule has 0 radical (unpaired) electrons. The van der Waals surface area contributed by atoms with Gasteiger partial charge in [-0.15, -0.1) is 12.4 Å². The topological polar surface area (TPSA) is 50.8 Å². The second kappa shape index (κ2) is 10.9. The van der Waals surface area contributed by atoms with Gasteiger partial charge in [0.1, 0.15) is 23.4 Å². The average Bonchev–Trinajstić information content (AvgIpc) is 3.04. The highest BCUT2D eigenvalue weighted by molar-refractivity contribution is 5.94. The number of amides is 1. The molecular formula is C28H31ClN2O3. The number of piperidine rings is 1. The maximum Gasteiger partial charge on any atom is 0.251 e. The van der Waals surface area contributed by atoms with Crippen molar-refractivity contribution >= 4 is 18.3 Å². The van der Waals surface area contributed by atoms with Crippen molar-refractivity contribution in [2.45, 2.75) is 50.4 Å². The van der Waals surface area contributed by atoms with Crippen LogP contribution >= 0.6 is 12.4 Å². The summed E-state index contributed by atoms with van der Waals surface area (Å²) in [6.45, 7) is 0.455. The molecule has 2 fully saturated rings. The van der Waals surface area contributed by atoms with E-state index in [0.717, 1.165) is 29.9 Å². The first-order valence-corrected chi connectivity index (χ1v) is 11.7. The van der Waals surface area contributed by atoms with Crippen LogP contribution in [0.1, 0.15) is 41.6 Å². The largest absolute Gasteiger partial charge is 0.490 e. The molecule has 2 aliphatic rings. The van der Waals surface area contributed by atoms with Crippen LogP contribution in [0.2, 0.25) is 0 Å². The number of hydrogen-bond donors (Lipinski definition) is 1. The van der Waals surface area contributed by atoms with Gasteiger partial charge in [0.25, 0.3) is 5.91 Å². The Hall–Kier alpha value is -3.02. The molecule has 1 N–H and O–H groups in total. The van der Waals surface area contributed by atoms with Crippen LogP contribution in [0.15, 0.2) is 78.9 Å². The quantitative estimate of drug-likeness (QED) is 0.464. The van der Waals surface area contributed by atoms with Crippen LogP contribution in [0.25, 0.3) is 0 Å². The van der Waals surface area contributed by atoms with E-state index < -0.39 is 0 Å². The molecule has 2 heterocycles. The van der Waals surface area contributed by atoms with Crippen molar-refractivity contribution < 1.29 is 14.3 Å². The van der Waals surface area contributed by atoms with E-state index in [1.54, 1.807) is 12.1 Å². The highest BCUT2D eigenvalue weighted by Gasteiger charge is 2.39. The average molecular weight is 479 g/mol. The molecule has 3 atom stereocenters. The number of halogens is 1. The lowest BCUT2D eigenvalue weighted by Gasteiger charge is -2.36. The fourth-order valence-electron chi connectivity index (χ4n) is 4.96. The second-order valence-electron chi connectivity index (χ2n) is 9.03. The molecule has 2 saturated heterocycles. The highest BCUT2D eigenvalue weighted by atomic mass is 35.5. The Labute approximate surface area is 207 Å². The molecule has 0 saturated carbocycles. The van der Waals surface area contributed by atoms with E-state index in [9.17, 15) is 4.79 Å². The fraction of sp³-hybridized carbons (Fsp3) is 0.321. The molecule has 3 aromatic rings. The smallest absolute Gasteiger partial charge is 0.251 e. The van der Waals surface area contributed by atoms with Gasteiger partial charge in [-0.2, -0.15) is 0 Å². The lowest BCUT2D eigenvalue weighted by atomic mass is 10.0. The zero-order valence-electron chi connectivity index (χ0n) is 19.4. The lowest BCUT2D eigenvalue weighted by Crippen LogP contribution is -2.43. The normalized spacial score (nSPS) is 21.4. The van der Waals surface area contributed by atoms with Gasteiger partial charge in [-0.1, -0.05) is 30.3 Å². The Bertz CT molecular complexity index is 1080. The maximum absolute atomic E-state index is 12.6. The third-order valence-electron chi connectivity index (χ3n) is 6.80. The number of carbonyl (C=O) groups is 1. The lowest BCUT2D eigenvalue weighted by molar-refractivity contribution is 0.0661. The van der Waals surface area contributed by atoms with Crippen molar-refractivity contribution in [1.29, 1.82) is 0 Å². The second-order valence-corrected chi connectivity index (χ2v) is 9.03. The number of benzene rings is 3. The number of ether oxygens (including phenoxy) is 2. The van der Waals surface area contributed by atoms with Crippen molar-refractivity contribution in [3.63, 3.8) is 0 Å². The summed E-state index contributed by atoms with van der Waals surface area (Å²) in [5.41, 5.74) is 1.63. The van der Waals surface area contributed by atoms with Crippen LogP contribution in [0, 0.1) is 0 Å². The predicted octanol–water partition coefficient (Wildman–Crippen LogP) is 5.83. The van der Waals surface area contributed by atoms with Gasteiger partial charge in [-0.25, -0.2) is 0 Å². The Morgan fingerprint density at radius 1 is 0.882 bits per heavy atom. The summed E-state index contributed by atoms with van der Waals surface area (Å²) in [5, 5.41) is 3.00. The summed E-state index contributed by atoms with van der Waals surface area (Å²) in [6, 6.07) is 26.1. The van der Waals surface area contributed by atoms with Gasteiger partial charge in [0.15, 0.2) is 0 Å². The number of rotatable bonds is 7. The zero-order chi connectivity index (χ0) is 22.6. The van der Waals surface area contributed by atoms with Gasteiger partial charge in [-0.05, 0) is 86.8 Å². The van der Waals surface area contributed by atoms with E-state index >= 15 is 0 Å². The molecule has 34 heavy (non-hydrogen) atoms. The molecule has 0 aromatic heterocycles. The van der Waals surface area contributed by atoms with Gasteiger partial charge >= 0.3 is 0 Å². The predicted molar refractivity (Wildman–Crippen MR) is 136 cm³/mol. The van der Waals surface area contributed by atoms with E-state index in [-0.39, 0.29) is 24.4 Å². The Kier molecular flexibility index (Phi) is 7.76. The number of carbonyl (C=O) groups excluding carboxylic acids is 1. The molecule has 0 spiro atoms. The molecule has 5 rings (SSSR count). The van der Waals surface area contributed by atoms with E-state index in [2.05, 4.69) is 17.3 Å². The van der Waals surface area contributed by atoms with Crippen molar-refractivity contribution in [2.24, 2.45) is 0 Å². The number of hydrogen-bond acceptors (Lipinski definition) is 4. The van der Waals surface area contributed by atoms with Crippen molar-refractivity contribution in [2.75, 3.05) is 7.05 Å². The van der Waals surface area contributed by atoms with E-state index in [4.69, 9.17) is 9.47 Å². The standard InChI is InChI=1S/C28H30N2O3.ClH/c1-30-22-12-13-23(30)18-27(17-22)33-26-9-5-6-20(16-26)19-29-28(31)21-10-14-25(15-11-21)32-24-7-3-2-4-8-24;/h2-11,14-16,22-23,27H,12-13,17-19H2,1H3,(H,29,31);1H/t22-,23+,27+;. The summed E-state index contributed by atoms with van der Waals surface area (Å²) < 4.78 is 12.1. The van der Waals surface area contributed by atoms with E-state index in [1.807, 2.05) is 66.7 Å². The summed E-state index contributed by atoms with van der Waals surface area (Å²) in [7, 11) is 2.24. The minimum atomic E-state index is -0.112. The van der Waals surface area contributed by atoms with Crippen LogP contribution in [-0.4, -0.2) is 36.0 Å². The van der Waals surface area contributed by atoms with Crippen LogP contribution in [0.3, 0.4) is 0 Å². The van der Waals surface area contributed by atoms with Crippen molar-refractivity contribution in [3.05, 3.63) is 90.0 Å². The van der Waals surface area contributed by atoms with Crippen LogP contribution in [0.4, 0.5) is 0 Å². The summed E-state index contributed by atoms with van der Waals surface area (Å²) in [6.07, 6.45) is 5.04. The number of nitrogens with zero attached hydrogens (tertiary/aromatic N) is 1. The molecule has 2 bridgehead atoms. The zero-order valence-corrected chi connectivity index (χ0v) is 20.2. The van der Waals surface area contributed by atoms with Crippen molar-refractivity contribution in [1.82, 2.24) is 10.2 Å². The van der Waals surface area contributed by atoms with Crippen LogP contribution < -0.4 is 14.8 Å². The molecule has 6 heteroatoms. The Morgan fingerprint density at radius 2 is 1.53 bits per heavy atom. The summed E-state index contributed by atoms with van der Waals surface area (Å²) >= 11 is 0. The minimum absolute atomic E-state index is 0. The highest BCUT2D eigenvalue weighted by Crippen LogP contribution is 2.36. The molecule has 0 aliphatic carbocycles. The third kappa shape index (κ3) is 5.72. The first-order valence-electron chi connectivity index (χ1n) is 11.7. The van der Waals surface area contributed by atoms with E-state index in [0.29, 0.717) is 29.9 Å². The third-order valence-corrected chi connectivity index (χ3v) is 6.80. The number of fused-ring (bicyclic) bond motifs is 2. The SMILES string of the molecule is CN1[C@@H]2CC[C@H]1C[C@@H](Oc1cccc(CNC(=O)c3ccc(Oc4ccccc4)cc3)c1)C2.Cl. The number of para-hydroxylation sites is 1. The first-order chi connectivity index (χ1) is 16.1. The molecule has 0 unspecified atom stereocenters. The molecule has 2 aliphatic heterocycles. The van der Waals surface area contributed by atoms with Gasteiger partial charge in [0.2, 0.25) is 0 Å². The van der Waals surface area contributed by atoms with Crippen LogP contribution in [0.5, 0.6) is 17.2 Å². The molecule has 1 amide bonds. The van der Waals surface area contributed by atoms with Gasteiger partial charge < -0.3 is 19.7 Å². The maximum atomic E-state index is 12.6. The number of nitrogens with one attached hydrogen (secondary N) is 1. The molecule has 178 valence electrons. The first kappa shape index (κ1) is 24.1. The summed E-state index contributed by atoms with van der Waals surface area (Å²) in [4.78, 5) is 15.1. The van der Waals surface area contributed by atoms with Gasteiger partial charge in [0.05, 0.1) is 0 Å². The van der Waals surface area contributed by atoms with Crippen LogP contribution in [-0.2, 0) is 6.54 Å². The molecule has 3 aromatic carbocycles. The minimum Gasteiger partial charge on any atom is -0.490 e. The monoisotopic (exact) mass is 478 g/mol. The Morgan fingerprint density at radius 3 is 2.24 bits per heavy atom. The van der Waals surface area contributed by atoms with Gasteiger partial charge in [-0.3, -0.25) is 4.79 Å². The fourth-order valence-corrected chi connectivity index (χ4v) is 4.96. The molecule has 5 nitrogen and oxygen atoms in total. The summed E-state index contributed by atoms with van der Waals surface area (Å²) in [5.74, 6) is 2.24. The van der Waals surface area contributed by atoms with Gasteiger partial charge in [0, 0.05) is 24.2 Å².